The molecule has 0 fully saturated rings. The van der Waals surface area contributed by atoms with E-state index in [1.54, 1.807) is 0 Å². The average molecular weight is 229 g/mol. The van der Waals surface area contributed by atoms with Crippen molar-refractivity contribution in [3.8, 4) is 0 Å². The van der Waals surface area contributed by atoms with Gasteiger partial charge in [-0.3, -0.25) is 9.59 Å². The monoisotopic (exact) mass is 229 g/mol. The van der Waals surface area contributed by atoms with E-state index in [1.807, 2.05) is 27.7 Å². The zero-order valence-corrected chi connectivity index (χ0v) is 10.6. The van der Waals surface area contributed by atoms with Crippen molar-refractivity contribution in [2.45, 2.75) is 39.7 Å². The summed E-state index contributed by atoms with van der Waals surface area (Å²) in [6.45, 7) is 7.88. The summed E-state index contributed by atoms with van der Waals surface area (Å²) in [7, 11) is 0. The molecule has 2 amide bonds. The van der Waals surface area contributed by atoms with Crippen LogP contribution in [0.4, 0.5) is 0 Å². The van der Waals surface area contributed by atoms with Crippen molar-refractivity contribution < 1.29 is 9.59 Å². The minimum absolute atomic E-state index is 0.00655. The van der Waals surface area contributed by atoms with Crippen LogP contribution in [0.25, 0.3) is 0 Å². The van der Waals surface area contributed by atoms with Crippen molar-refractivity contribution in [2.24, 2.45) is 11.7 Å². The van der Waals surface area contributed by atoms with E-state index in [0.717, 1.165) is 0 Å². The molecule has 0 aliphatic carbocycles. The van der Waals surface area contributed by atoms with Gasteiger partial charge in [0, 0.05) is 18.0 Å². The van der Waals surface area contributed by atoms with E-state index in [2.05, 4.69) is 10.6 Å². The molecular weight excluding hydrogens is 206 g/mol. The Labute approximate surface area is 97.2 Å². The van der Waals surface area contributed by atoms with Gasteiger partial charge in [-0.25, -0.2) is 0 Å². The molecule has 4 N–H and O–H groups in total. The molecule has 0 aliphatic heterocycles. The molecule has 0 aromatic carbocycles. The van der Waals surface area contributed by atoms with Gasteiger partial charge in [0.25, 0.3) is 0 Å². The topological polar surface area (TPSA) is 84.2 Å². The minimum Gasteiger partial charge on any atom is -0.350 e. The maximum absolute atomic E-state index is 11.5. The highest BCUT2D eigenvalue weighted by molar-refractivity contribution is 5.86. The van der Waals surface area contributed by atoms with E-state index in [-0.39, 0.29) is 29.8 Å². The first-order chi connectivity index (χ1) is 7.30. The van der Waals surface area contributed by atoms with Gasteiger partial charge in [-0.05, 0) is 27.2 Å². The maximum atomic E-state index is 11.5. The van der Waals surface area contributed by atoms with E-state index in [1.165, 1.54) is 0 Å². The lowest BCUT2D eigenvalue weighted by Gasteiger charge is -2.21. The second-order valence-corrected chi connectivity index (χ2v) is 4.86. The Morgan fingerprint density at radius 1 is 1.31 bits per heavy atom. The van der Waals surface area contributed by atoms with Crippen molar-refractivity contribution >= 4 is 11.8 Å². The van der Waals surface area contributed by atoms with E-state index in [9.17, 15) is 9.59 Å². The summed E-state index contributed by atoms with van der Waals surface area (Å²) in [5, 5.41) is 5.34. The van der Waals surface area contributed by atoms with Gasteiger partial charge in [0.05, 0.1) is 6.54 Å². The molecule has 0 aromatic rings. The number of rotatable bonds is 5. The lowest BCUT2D eigenvalue weighted by atomic mass is 10.1. The number of nitrogens with one attached hydrogen (secondary N) is 2. The van der Waals surface area contributed by atoms with Gasteiger partial charge in [0.1, 0.15) is 0 Å². The third kappa shape index (κ3) is 6.40. The minimum atomic E-state index is -0.278. The summed E-state index contributed by atoms with van der Waals surface area (Å²) in [6, 6.07) is 0. The fourth-order valence-corrected chi connectivity index (χ4v) is 1.23. The molecule has 5 nitrogen and oxygen atoms in total. The van der Waals surface area contributed by atoms with Crippen LogP contribution < -0.4 is 16.4 Å². The number of hydrogen-bond acceptors (Lipinski definition) is 3. The highest BCUT2D eigenvalue weighted by Gasteiger charge is 2.17. The maximum Gasteiger partial charge on any atom is 0.239 e. The predicted octanol–water partition coefficient (Wildman–Crippen LogP) is 0.00220. The number of amides is 2. The summed E-state index contributed by atoms with van der Waals surface area (Å²) < 4.78 is 0. The van der Waals surface area contributed by atoms with Crippen molar-refractivity contribution in [3.63, 3.8) is 0 Å². The van der Waals surface area contributed by atoms with Gasteiger partial charge in [0.15, 0.2) is 0 Å². The summed E-state index contributed by atoms with van der Waals surface area (Å²) in [5.41, 5.74) is 5.15. The highest BCUT2D eigenvalue weighted by atomic mass is 16.2. The molecule has 16 heavy (non-hydrogen) atoms. The highest BCUT2D eigenvalue weighted by Crippen LogP contribution is 2.00. The molecule has 0 saturated carbocycles. The van der Waals surface area contributed by atoms with Crippen LogP contribution in [-0.4, -0.2) is 30.4 Å². The van der Waals surface area contributed by atoms with Gasteiger partial charge in [-0.15, -0.1) is 0 Å². The smallest absolute Gasteiger partial charge is 0.239 e. The van der Waals surface area contributed by atoms with Crippen LogP contribution in [0.15, 0.2) is 0 Å². The zero-order valence-electron chi connectivity index (χ0n) is 10.6. The number of carbonyl (C=O) groups is 2. The molecule has 0 aliphatic rings. The Hall–Kier alpha value is -1.10. The quantitative estimate of drug-likeness (QED) is 0.620. The van der Waals surface area contributed by atoms with Crippen LogP contribution in [0.2, 0.25) is 0 Å². The average Bonchev–Trinajstić information content (AvgIpc) is 2.14. The Morgan fingerprint density at radius 2 is 1.88 bits per heavy atom. The molecule has 0 bridgehead atoms. The SMILES string of the molecule is CCC(CN)C(=O)NCC(=O)NC(C)(C)C. The third-order valence-corrected chi connectivity index (χ3v) is 2.09. The van der Waals surface area contributed by atoms with Crippen molar-refractivity contribution in [3.05, 3.63) is 0 Å². The summed E-state index contributed by atoms with van der Waals surface area (Å²) in [4.78, 5) is 22.9. The second-order valence-electron chi connectivity index (χ2n) is 4.86. The predicted molar refractivity (Wildman–Crippen MR) is 63.7 cm³/mol. The van der Waals surface area contributed by atoms with Crippen LogP contribution in [0.5, 0.6) is 0 Å². The van der Waals surface area contributed by atoms with Crippen molar-refractivity contribution in [2.75, 3.05) is 13.1 Å². The van der Waals surface area contributed by atoms with E-state index in [0.29, 0.717) is 13.0 Å². The van der Waals surface area contributed by atoms with Crippen LogP contribution in [0.3, 0.4) is 0 Å². The molecule has 1 unspecified atom stereocenters. The van der Waals surface area contributed by atoms with Crippen LogP contribution in [0.1, 0.15) is 34.1 Å². The van der Waals surface area contributed by atoms with Crippen LogP contribution in [0, 0.1) is 5.92 Å². The zero-order chi connectivity index (χ0) is 12.8. The Bertz CT molecular complexity index is 242. The molecule has 0 heterocycles. The lowest BCUT2D eigenvalue weighted by Crippen LogP contribution is -2.47. The Kier molecular flexibility index (Phi) is 6.03. The molecule has 0 saturated heterocycles. The van der Waals surface area contributed by atoms with Gasteiger partial charge < -0.3 is 16.4 Å². The van der Waals surface area contributed by atoms with Crippen LogP contribution >= 0.6 is 0 Å². The van der Waals surface area contributed by atoms with Crippen molar-refractivity contribution in [1.82, 2.24) is 10.6 Å². The largest absolute Gasteiger partial charge is 0.350 e. The Balaban J connectivity index is 3.97. The van der Waals surface area contributed by atoms with Gasteiger partial charge in [0.2, 0.25) is 11.8 Å². The number of carbonyl (C=O) groups excluding carboxylic acids is 2. The summed E-state index contributed by atoms with van der Waals surface area (Å²) in [5.74, 6) is -0.552. The van der Waals surface area contributed by atoms with Crippen LogP contribution in [-0.2, 0) is 9.59 Å². The van der Waals surface area contributed by atoms with Gasteiger partial charge in [-0.1, -0.05) is 6.92 Å². The molecule has 94 valence electrons. The standard InChI is InChI=1S/C11H23N3O2/c1-5-8(6-12)10(16)13-7-9(15)14-11(2,3)4/h8H,5-7,12H2,1-4H3,(H,13,16)(H,14,15). The molecule has 1 atom stereocenters. The lowest BCUT2D eigenvalue weighted by molar-refractivity contribution is -0.129. The second kappa shape index (κ2) is 6.48. The van der Waals surface area contributed by atoms with E-state index in [4.69, 9.17) is 5.73 Å². The van der Waals surface area contributed by atoms with Gasteiger partial charge >= 0.3 is 0 Å². The summed E-state index contributed by atoms with van der Waals surface area (Å²) >= 11 is 0. The van der Waals surface area contributed by atoms with E-state index >= 15 is 0 Å². The summed E-state index contributed by atoms with van der Waals surface area (Å²) in [6.07, 6.45) is 0.684. The molecule has 0 rings (SSSR count). The fraction of sp³-hybridized carbons (Fsp3) is 0.818. The molecule has 5 heteroatoms. The van der Waals surface area contributed by atoms with Crippen molar-refractivity contribution in [1.29, 1.82) is 0 Å². The fourth-order valence-electron chi connectivity index (χ4n) is 1.23. The van der Waals surface area contributed by atoms with Gasteiger partial charge in [-0.2, -0.15) is 0 Å². The molecule has 0 spiro atoms. The normalized spacial score (nSPS) is 13.1. The first kappa shape index (κ1) is 14.9. The molecule has 0 aromatic heterocycles. The number of hydrogen-bond donors (Lipinski definition) is 3. The molecule has 0 radical (unpaired) electrons. The number of nitrogens with two attached hydrogens (primary N) is 1. The third-order valence-electron chi connectivity index (χ3n) is 2.09. The Morgan fingerprint density at radius 3 is 2.25 bits per heavy atom. The molecular formula is C11H23N3O2. The first-order valence-corrected chi connectivity index (χ1v) is 5.59. The first-order valence-electron chi connectivity index (χ1n) is 5.59. The van der Waals surface area contributed by atoms with E-state index < -0.39 is 0 Å².